The van der Waals surface area contributed by atoms with Crippen molar-refractivity contribution >= 4 is 11.6 Å². The second kappa shape index (κ2) is 4.15. The minimum atomic E-state index is -0.355. The van der Waals surface area contributed by atoms with E-state index in [-0.39, 0.29) is 5.41 Å². The molecule has 18 heavy (non-hydrogen) atoms. The van der Waals surface area contributed by atoms with Gasteiger partial charge < -0.3 is 0 Å². The van der Waals surface area contributed by atoms with Crippen LogP contribution in [0.1, 0.15) is 23.5 Å². The van der Waals surface area contributed by atoms with E-state index in [1.54, 1.807) is 0 Å². The molecule has 2 aromatic carbocycles. The van der Waals surface area contributed by atoms with Gasteiger partial charge in [-0.15, -0.1) is 0 Å². The zero-order valence-corrected chi connectivity index (χ0v) is 10.6. The molecule has 3 rings (SSSR count). The van der Waals surface area contributed by atoms with Crippen LogP contribution in [0.25, 0.3) is 0 Å². The van der Waals surface area contributed by atoms with Crippen LogP contribution in [0.2, 0.25) is 5.02 Å². The van der Waals surface area contributed by atoms with Crippen molar-refractivity contribution in [3.05, 3.63) is 70.7 Å². The Kier molecular flexibility index (Phi) is 2.61. The van der Waals surface area contributed by atoms with E-state index in [2.05, 4.69) is 18.2 Å². The Hall–Kier alpha value is -1.78. The summed E-state index contributed by atoms with van der Waals surface area (Å²) < 4.78 is 0. The molecule has 1 nitrogen and oxygen atoms in total. The molecule has 1 aliphatic rings. The lowest BCUT2D eigenvalue weighted by Crippen LogP contribution is -2.06. The number of benzene rings is 2. The lowest BCUT2D eigenvalue weighted by atomic mass is 9.92. The molecule has 1 aliphatic carbocycles. The van der Waals surface area contributed by atoms with Crippen LogP contribution in [0.15, 0.2) is 54.6 Å². The van der Waals surface area contributed by atoms with Gasteiger partial charge in [0, 0.05) is 10.9 Å². The molecule has 1 saturated carbocycles. The van der Waals surface area contributed by atoms with E-state index in [1.807, 2.05) is 42.5 Å². The number of hydrogen-bond acceptors (Lipinski definition) is 1. The Bertz CT molecular complexity index is 597. The van der Waals surface area contributed by atoms with Crippen molar-refractivity contribution in [1.82, 2.24) is 0 Å². The van der Waals surface area contributed by atoms with Crippen molar-refractivity contribution in [3.8, 4) is 6.07 Å². The highest BCUT2D eigenvalue weighted by atomic mass is 35.5. The number of rotatable bonds is 2. The van der Waals surface area contributed by atoms with Crippen LogP contribution in [0, 0.1) is 11.3 Å². The largest absolute Gasteiger partial charge is 0.197 e. The van der Waals surface area contributed by atoms with Gasteiger partial charge in [0.2, 0.25) is 0 Å². The Labute approximate surface area is 112 Å². The first-order valence-corrected chi connectivity index (χ1v) is 6.36. The summed E-state index contributed by atoms with van der Waals surface area (Å²) in [4.78, 5) is 0. The molecule has 0 heterocycles. The minimum Gasteiger partial charge on any atom is -0.197 e. The Morgan fingerprint density at radius 1 is 1.06 bits per heavy atom. The van der Waals surface area contributed by atoms with Crippen LogP contribution in [0.4, 0.5) is 0 Å². The van der Waals surface area contributed by atoms with Gasteiger partial charge in [-0.1, -0.05) is 54.1 Å². The minimum absolute atomic E-state index is 0.310. The Morgan fingerprint density at radius 3 is 2.33 bits per heavy atom. The summed E-state index contributed by atoms with van der Waals surface area (Å²) in [7, 11) is 0. The third-order valence-electron chi connectivity index (χ3n) is 3.72. The Balaban J connectivity index is 1.96. The van der Waals surface area contributed by atoms with E-state index in [0.717, 1.165) is 12.0 Å². The third-order valence-corrected chi connectivity index (χ3v) is 3.97. The molecule has 0 spiro atoms. The first kappa shape index (κ1) is 11.3. The summed E-state index contributed by atoms with van der Waals surface area (Å²) in [6.45, 7) is 0. The Morgan fingerprint density at radius 2 is 1.72 bits per heavy atom. The second-order valence-electron chi connectivity index (χ2n) is 4.76. The number of hydrogen-bond donors (Lipinski definition) is 0. The summed E-state index contributed by atoms with van der Waals surface area (Å²) in [6.07, 6.45) is 0.898. The van der Waals surface area contributed by atoms with Gasteiger partial charge in [0.1, 0.15) is 0 Å². The lowest BCUT2D eigenvalue weighted by molar-refractivity contribution is 0.856. The number of nitrogens with zero attached hydrogens (tertiary/aromatic N) is 1. The van der Waals surface area contributed by atoms with Gasteiger partial charge in [0.25, 0.3) is 0 Å². The predicted octanol–water partition coefficient (Wildman–Crippen LogP) is 4.29. The SMILES string of the molecule is N#CC1(c2ccc(Cl)cc2)CC1c1ccccc1. The lowest BCUT2D eigenvalue weighted by Gasteiger charge is -2.09. The highest BCUT2D eigenvalue weighted by Gasteiger charge is 2.56. The fraction of sp³-hybridized carbons (Fsp3) is 0.188. The van der Waals surface area contributed by atoms with Crippen LogP contribution < -0.4 is 0 Å². The van der Waals surface area contributed by atoms with Crippen molar-refractivity contribution < 1.29 is 0 Å². The van der Waals surface area contributed by atoms with Crippen LogP contribution in [0.3, 0.4) is 0 Å². The molecule has 0 radical (unpaired) electrons. The maximum absolute atomic E-state index is 9.53. The van der Waals surface area contributed by atoms with Gasteiger partial charge in [-0.25, -0.2) is 0 Å². The molecule has 0 bridgehead atoms. The van der Waals surface area contributed by atoms with Crippen molar-refractivity contribution in [2.45, 2.75) is 17.8 Å². The summed E-state index contributed by atoms with van der Waals surface area (Å²) in [5.41, 5.74) is 1.96. The van der Waals surface area contributed by atoms with E-state index in [1.165, 1.54) is 5.56 Å². The van der Waals surface area contributed by atoms with Crippen LogP contribution in [-0.4, -0.2) is 0 Å². The van der Waals surface area contributed by atoms with E-state index in [0.29, 0.717) is 10.9 Å². The van der Waals surface area contributed by atoms with Gasteiger partial charge in [-0.05, 0) is 29.7 Å². The molecule has 0 amide bonds. The fourth-order valence-electron chi connectivity index (χ4n) is 2.61. The molecule has 2 heteroatoms. The second-order valence-corrected chi connectivity index (χ2v) is 5.19. The monoisotopic (exact) mass is 253 g/mol. The van der Waals surface area contributed by atoms with Crippen LogP contribution >= 0.6 is 11.6 Å². The summed E-state index contributed by atoms with van der Waals surface area (Å²) in [5, 5.41) is 10.2. The molecule has 88 valence electrons. The molecule has 0 N–H and O–H groups in total. The summed E-state index contributed by atoms with van der Waals surface area (Å²) in [6, 6.07) is 20.4. The van der Waals surface area contributed by atoms with Crippen molar-refractivity contribution in [2.24, 2.45) is 0 Å². The van der Waals surface area contributed by atoms with E-state index < -0.39 is 0 Å². The van der Waals surface area contributed by atoms with Gasteiger partial charge in [0.15, 0.2) is 0 Å². The third kappa shape index (κ3) is 1.70. The molecular formula is C16H12ClN. The molecule has 2 unspecified atom stereocenters. The highest BCUT2D eigenvalue weighted by Crippen LogP contribution is 2.60. The first-order valence-electron chi connectivity index (χ1n) is 5.98. The highest BCUT2D eigenvalue weighted by molar-refractivity contribution is 6.30. The zero-order valence-electron chi connectivity index (χ0n) is 9.81. The topological polar surface area (TPSA) is 23.8 Å². The molecular weight excluding hydrogens is 242 g/mol. The average molecular weight is 254 g/mol. The average Bonchev–Trinajstić information content (AvgIpc) is 3.17. The maximum Gasteiger partial charge on any atom is 0.0897 e. The van der Waals surface area contributed by atoms with Gasteiger partial charge in [0.05, 0.1) is 11.5 Å². The van der Waals surface area contributed by atoms with Gasteiger partial charge >= 0.3 is 0 Å². The smallest absolute Gasteiger partial charge is 0.0897 e. The fourth-order valence-corrected chi connectivity index (χ4v) is 2.73. The number of halogens is 1. The molecule has 2 atom stereocenters. The maximum atomic E-state index is 9.53. The standard InChI is InChI=1S/C16H12ClN/c17-14-8-6-13(7-9-14)16(11-18)10-15(16)12-4-2-1-3-5-12/h1-9,15H,10H2. The first-order chi connectivity index (χ1) is 8.76. The van der Waals surface area contributed by atoms with E-state index in [4.69, 9.17) is 11.6 Å². The molecule has 0 aromatic heterocycles. The van der Waals surface area contributed by atoms with Crippen molar-refractivity contribution in [1.29, 1.82) is 5.26 Å². The predicted molar refractivity (Wildman–Crippen MR) is 72.5 cm³/mol. The zero-order chi connectivity index (χ0) is 12.6. The molecule has 0 aliphatic heterocycles. The van der Waals surface area contributed by atoms with E-state index in [9.17, 15) is 5.26 Å². The van der Waals surface area contributed by atoms with Gasteiger partial charge in [-0.2, -0.15) is 5.26 Å². The van der Waals surface area contributed by atoms with E-state index >= 15 is 0 Å². The van der Waals surface area contributed by atoms with Crippen molar-refractivity contribution in [2.75, 3.05) is 0 Å². The summed E-state index contributed by atoms with van der Waals surface area (Å²) >= 11 is 5.90. The molecule has 0 saturated heterocycles. The normalized spacial score (nSPS) is 25.4. The molecule has 2 aromatic rings. The van der Waals surface area contributed by atoms with Crippen molar-refractivity contribution in [3.63, 3.8) is 0 Å². The van der Waals surface area contributed by atoms with Crippen LogP contribution in [-0.2, 0) is 5.41 Å². The van der Waals surface area contributed by atoms with Gasteiger partial charge in [-0.3, -0.25) is 0 Å². The van der Waals surface area contributed by atoms with Crippen LogP contribution in [0.5, 0.6) is 0 Å². The number of nitriles is 1. The quantitative estimate of drug-likeness (QED) is 0.783. The molecule has 1 fully saturated rings. The summed E-state index contributed by atoms with van der Waals surface area (Å²) in [5.74, 6) is 0.310.